The molecule has 0 nitrogen and oxygen atoms in total. The van der Waals surface area contributed by atoms with E-state index in [9.17, 15) is 0 Å². The Hall–Kier alpha value is -1.56. The second kappa shape index (κ2) is 9.36. The van der Waals surface area contributed by atoms with E-state index in [0.29, 0.717) is 0 Å². The predicted molar refractivity (Wildman–Crippen MR) is 92.7 cm³/mol. The molecule has 0 N–H and O–H groups in total. The second-order valence-electron chi connectivity index (χ2n) is 5.18. The Morgan fingerprint density at radius 1 is 0.500 bits per heavy atom. The van der Waals surface area contributed by atoms with Gasteiger partial charge in [-0.2, -0.15) is 0 Å². The summed E-state index contributed by atoms with van der Waals surface area (Å²) in [6.07, 6.45) is 0. The highest BCUT2D eigenvalue weighted by Gasteiger charge is 1.95. The highest BCUT2D eigenvalue weighted by Crippen LogP contribution is 2.13. The minimum atomic E-state index is 1.33. The average Bonchev–Trinajstić information content (AvgIpc) is 2.42. The highest BCUT2D eigenvalue weighted by atomic mass is 14.0. The third-order valence-corrected chi connectivity index (χ3v) is 3.29. The summed E-state index contributed by atoms with van der Waals surface area (Å²) in [6, 6.07) is 12.9. The van der Waals surface area contributed by atoms with Gasteiger partial charge in [0.05, 0.1) is 0 Å². The van der Waals surface area contributed by atoms with Crippen LogP contribution in [-0.2, 0) is 0 Å². The van der Waals surface area contributed by atoms with Crippen molar-refractivity contribution in [2.75, 3.05) is 0 Å². The smallest absolute Gasteiger partial charge is 0.0392 e. The van der Waals surface area contributed by atoms with Crippen LogP contribution in [-0.4, -0.2) is 0 Å². The van der Waals surface area contributed by atoms with E-state index >= 15 is 0 Å². The topological polar surface area (TPSA) is 0 Å². The molecule has 0 heterocycles. The van der Waals surface area contributed by atoms with E-state index in [1.165, 1.54) is 33.4 Å². The van der Waals surface area contributed by atoms with Crippen LogP contribution in [0.4, 0.5) is 0 Å². The summed E-state index contributed by atoms with van der Waals surface area (Å²) in [5, 5.41) is 0. The second-order valence-corrected chi connectivity index (χ2v) is 5.18. The molecular formula is C20H30. The first-order chi connectivity index (χ1) is 9.40. The van der Waals surface area contributed by atoms with Crippen molar-refractivity contribution in [1.82, 2.24) is 0 Å². The van der Waals surface area contributed by atoms with Crippen LogP contribution in [0.3, 0.4) is 0 Å². The van der Waals surface area contributed by atoms with Crippen LogP contribution in [0.25, 0.3) is 0 Å². The fourth-order valence-electron chi connectivity index (χ4n) is 1.89. The molecule has 2 rings (SSSR count). The lowest BCUT2D eigenvalue weighted by Gasteiger charge is -2.04. The van der Waals surface area contributed by atoms with Crippen molar-refractivity contribution in [3.63, 3.8) is 0 Å². The van der Waals surface area contributed by atoms with Gasteiger partial charge in [0.25, 0.3) is 0 Å². The van der Waals surface area contributed by atoms with Crippen LogP contribution in [0.2, 0.25) is 0 Å². The molecule has 0 radical (unpaired) electrons. The Morgan fingerprint density at radius 2 is 0.800 bits per heavy atom. The number of aryl methyl sites for hydroxylation is 5. The minimum absolute atomic E-state index is 1.33. The van der Waals surface area contributed by atoms with Gasteiger partial charge in [-0.05, 0) is 58.2 Å². The molecule has 0 heteroatoms. The zero-order chi connectivity index (χ0) is 15.7. The Kier molecular flexibility index (Phi) is 8.63. The zero-order valence-electron chi connectivity index (χ0n) is 14.5. The summed E-state index contributed by atoms with van der Waals surface area (Å²) >= 11 is 0. The van der Waals surface area contributed by atoms with Crippen molar-refractivity contribution in [2.45, 2.75) is 55.4 Å². The van der Waals surface area contributed by atoms with Crippen molar-refractivity contribution in [3.8, 4) is 0 Å². The average molecular weight is 270 g/mol. The molecule has 0 unspecified atom stereocenters. The first-order valence-corrected chi connectivity index (χ1v) is 7.48. The third-order valence-electron chi connectivity index (χ3n) is 3.29. The number of rotatable bonds is 0. The summed E-state index contributed by atoms with van der Waals surface area (Å²) in [7, 11) is 0. The quantitative estimate of drug-likeness (QED) is 0.530. The summed E-state index contributed by atoms with van der Waals surface area (Å²) in [6.45, 7) is 16.8. The Labute approximate surface area is 125 Å². The summed E-state index contributed by atoms with van der Waals surface area (Å²) in [4.78, 5) is 0. The van der Waals surface area contributed by atoms with Gasteiger partial charge in [0.1, 0.15) is 0 Å². The van der Waals surface area contributed by atoms with E-state index < -0.39 is 0 Å². The van der Waals surface area contributed by atoms with Crippen molar-refractivity contribution < 1.29 is 0 Å². The van der Waals surface area contributed by atoms with Gasteiger partial charge in [-0.1, -0.05) is 66.9 Å². The van der Waals surface area contributed by atoms with Crippen molar-refractivity contribution in [2.24, 2.45) is 0 Å². The molecular weight excluding hydrogens is 240 g/mol. The molecule has 0 fully saturated rings. The fraction of sp³-hybridized carbons (Fsp3) is 0.400. The monoisotopic (exact) mass is 270 g/mol. The van der Waals surface area contributed by atoms with Gasteiger partial charge < -0.3 is 0 Å². The number of hydrogen-bond donors (Lipinski definition) is 0. The molecule has 0 spiro atoms. The molecule has 2 aromatic rings. The Bertz CT molecular complexity index is 460. The lowest BCUT2D eigenvalue weighted by molar-refractivity contribution is 1.23. The predicted octanol–water partition coefficient (Wildman–Crippen LogP) is 6.25. The molecule has 20 heavy (non-hydrogen) atoms. The van der Waals surface area contributed by atoms with Crippen LogP contribution in [0.1, 0.15) is 47.2 Å². The molecule has 0 amide bonds. The van der Waals surface area contributed by atoms with Gasteiger partial charge in [0, 0.05) is 0 Å². The molecule has 2 aromatic carbocycles. The van der Waals surface area contributed by atoms with E-state index in [0.717, 1.165) is 0 Å². The van der Waals surface area contributed by atoms with Gasteiger partial charge >= 0.3 is 0 Å². The maximum Gasteiger partial charge on any atom is -0.0392 e. The van der Waals surface area contributed by atoms with Gasteiger partial charge in [0.15, 0.2) is 0 Å². The molecule has 0 saturated carbocycles. The Balaban J connectivity index is 0.000000327. The molecule has 0 aliphatic rings. The van der Waals surface area contributed by atoms with Gasteiger partial charge in [0.2, 0.25) is 0 Å². The van der Waals surface area contributed by atoms with E-state index in [2.05, 4.69) is 77.9 Å². The first-order valence-electron chi connectivity index (χ1n) is 7.48. The minimum Gasteiger partial charge on any atom is -0.0683 e. The molecule has 0 aliphatic heterocycles. The van der Waals surface area contributed by atoms with E-state index in [-0.39, 0.29) is 0 Å². The summed E-state index contributed by atoms with van der Waals surface area (Å²) in [5.74, 6) is 0. The van der Waals surface area contributed by atoms with Gasteiger partial charge in [-0.15, -0.1) is 0 Å². The van der Waals surface area contributed by atoms with Gasteiger partial charge in [-0.3, -0.25) is 0 Å². The van der Waals surface area contributed by atoms with Gasteiger partial charge in [-0.25, -0.2) is 0 Å². The van der Waals surface area contributed by atoms with E-state index in [1.54, 1.807) is 0 Å². The molecule has 0 atom stereocenters. The Morgan fingerprint density at radius 3 is 1.10 bits per heavy atom. The number of benzene rings is 2. The van der Waals surface area contributed by atoms with E-state index in [1.807, 2.05) is 13.8 Å². The lowest BCUT2D eigenvalue weighted by atomic mass is 10.0. The molecule has 0 saturated heterocycles. The molecule has 0 bridgehead atoms. The highest BCUT2D eigenvalue weighted by molar-refractivity contribution is 5.36. The molecule has 0 aliphatic carbocycles. The lowest BCUT2D eigenvalue weighted by Crippen LogP contribution is -1.86. The van der Waals surface area contributed by atoms with Crippen LogP contribution < -0.4 is 0 Å². The van der Waals surface area contributed by atoms with E-state index in [4.69, 9.17) is 0 Å². The molecule has 0 aromatic heterocycles. The normalized spacial score (nSPS) is 9.00. The third kappa shape index (κ3) is 6.56. The van der Waals surface area contributed by atoms with Crippen LogP contribution in [0.15, 0.2) is 36.4 Å². The molecule has 110 valence electrons. The van der Waals surface area contributed by atoms with Crippen LogP contribution >= 0.6 is 0 Å². The van der Waals surface area contributed by atoms with Crippen molar-refractivity contribution >= 4 is 0 Å². The maximum atomic E-state index is 2.22. The maximum absolute atomic E-state index is 2.22. The standard InChI is InChI=1S/C10H14.C8H10.C2H6/c1-7-5-8(2)10(4)9(3)6-7;1-7-3-5-8(2)6-4-7;1-2/h5-6H,1-4H3;3-6H,1-2H3;1-2H3. The first kappa shape index (κ1) is 18.4. The largest absolute Gasteiger partial charge is 0.0683 e. The van der Waals surface area contributed by atoms with Crippen molar-refractivity contribution in [3.05, 3.63) is 69.8 Å². The van der Waals surface area contributed by atoms with Crippen molar-refractivity contribution in [1.29, 1.82) is 0 Å². The zero-order valence-corrected chi connectivity index (χ0v) is 14.5. The number of hydrogen-bond acceptors (Lipinski definition) is 0. The van der Waals surface area contributed by atoms with Crippen LogP contribution in [0.5, 0.6) is 0 Å². The summed E-state index contributed by atoms with van der Waals surface area (Å²) in [5.41, 5.74) is 8.24. The summed E-state index contributed by atoms with van der Waals surface area (Å²) < 4.78 is 0. The fourth-order valence-corrected chi connectivity index (χ4v) is 1.89. The van der Waals surface area contributed by atoms with Crippen LogP contribution in [0, 0.1) is 41.5 Å². The SMILES string of the molecule is CC.Cc1cc(C)c(C)c(C)c1.Cc1ccc(C)cc1.